The van der Waals surface area contributed by atoms with E-state index in [0.717, 1.165) is 51.4 Å². The molecule has 0 bridgehead atoms. The van der Waals surface area contributed by atoms with Crippen LogP contribution in [0.1, 0.15) is 174 Å². The van der Waals surface area contributed by atoms with E-state index >= 15 is 0 Å². The number of hydrogen-bond acceptors (Lipinski definition) is 4. The SMILES string of the molecule is CCCCCCC/C=C\CCCCCCCC(=O)NC(CS(=O)(=O)O)C(O)/C=C/CC/C=C/CCCCCCCCCCC. The molecule has 0 aromatic heterocycles. The molecule has 0 aliphatic heterocycles. The summed E-state index contributed by atoms with van der Waals surface area (Å²) in [7, 11) is -4.35. The molecule has 7 heteroatoms. The first-order valence-corrected chi connectivity index (χ1v) is 19.8. The molecule has 0 fully saturated rings. The number of nitrogens with one attached hydrogen (secondary N) is 1. The van der Waals surface area contributed by atoms with Gasteiger partial charge in [-0.15, -0.1) is 0 Å². The van der Waals surface area contributed by atoms with Gasteiger partial charge < -0.3 is 10.4 Å². The molecule has 0 aromatic carbocycles. The van der Waals surface area contributed by atoms with E-state index in [9.17, 15) is 22.9 Å². The molecule has 0 radical (unpaired) electrons. The molecule has 0 aliphatic carbocycles. The fraction of sp³-hybridized carbons (Fsp3) is 0.811. The molecule has 0 saturated heterocycles. The highest BCUT2D eigenvalue weighted by Gasteiger charge is 2.24. The van der Waals surface area contributed by atoms with Crippen molar-refractivity contribution >= 4 is 16.0 Å². The van der Waals surface area contributed by atoms with E-state index in [0.29, 0.717) is 6.42 Å². The average molecular weight is 640 g/mol. The molecule has 44 heavy (non-hydrogen) atoms. The first-order valence-electron chi connectivity index (χ1n) is 18.2. The normalized spacial score (nSPS) is 13.8. The van der Waals surface area contributed by atoms with E-state index in [2.05, 4.69) is 43.5 Å². The Bertz CT molecular complexity index is 837. The standard InChI is InChI=1S/C37H69NO5S/c1-3-5-7-9-11-13-15-17-19-20-22-24-26-28-30-32-36(39)35(34-44(41,42)43)38-37(40)33-31-29-27-25-23-21-18-16-14-12-10-8-6-4-2/h16,18,22,24,30,32,35-36,39H,3-15,17,19-21,23,25-29,31,33-34H2,1-2H3,(H,38,40)(H,41,42,43)/b18-16-,24-22+,32-30+. The van der Waals surface area contributed by atoms with Crippen molar-refractivity contribution in [2.75, 3.05) is 5.75 Å². The van der Waals surface area contributed by atoms with Gasteiger partial charge in [0.2, 0.25) is 5.91 Å². The molecule has 258 valence electrons. The van der Waals surface area contributed by atoms with Crippen LogP contribution in [-0.4, -0.2) is 41.9 Å². The molecule has 1 amide bonds. The Morgan fingerprint density at radius 1 is 0.591 bits per heavy atom. The van der Waals surface area contributed by atoms with E-state index < -0.39 is 28.0 Å². The molecule has 2 atom stereocenters. The molecule has 0 rings (SSSR count). The van der Waals surface area contributed by atoms with E-state index in [1.807, 2.05) is 0 Å². The highest BCUT2D eigenvalue weighted by molar-refractivity contribution is 7.85. The lowest BCUT2D eigenvalue weighted by Crippen LogP contribution is -2.46. The third-order valence-corrected chi connectivity index (χ3v) is 8.82. The number of unbranched alkanes of at least 4 members (excludes halogenated alkanes) is 20. The monoisotopic (exact) mass is 639 g/mol. The summed E-state index contributed by atoms with van der Waals surface area (Å²) in [5, 5.41) is 13.1. The Hall–Kier alpha value is -1.44. The van der Waals surface area contributed by atoms with Crippen molar-refractivity contribution in [3.8, 4) is 0 Å². The maximum absolute atomic E-state index is 12.4. The van der Waals surface area contributed by atoms with E-state index in [4.69, 9.17) is 0 Å². The summed E-state index contributed by atoms with van der Waals surface area (Å²) in [5.74, 6) is -1.01. The quantitative estimate of drug-likeness (QED) is 0.0386. The maximum atomic E-state index is 12.4. The lowest BCUT2D eigenvalue weighted by molar-refractivity contribution is -0.122. The Morgan fingerprint density at radius 2 is 0.977 bits per heavy atom. The van der Waals surface area contributed by atoms with Crippen molar-refractivity contribution < 1.29 is 22.9 Å². The van der Waals surface area contributed by atoms with Crippen LogP contribution in [0.15, 0.2) is 36.5 Å². The van der Waals surface area contributed by atoms with Crippen molar-refractivity contribution in [2.45, 2.75) is 187 Å². The van der Waals surface area contributed by atoms with Gasteiger partial charge in [-0.3, -0.25) is 9.35 Å². The lowest BCUT2D eigenvalue weighted by Gasteiger charge is -2.21. The van der Waals surface area contributed by atoms with Gasteiger partial charge in [-0.05, 0) is 57.8 Å². The predicted octanol–water partition coefficient (Wildman–Crippen LogP) is 10.2. The fourth-order valence-electron chi connectivity index (χ4n) is 5.28. The Labute approximate surface area is 272 Å². The van der Waals surface area contributed by atoms with Crippen LogP contribution in [0.4, 0.5) is 0 Å². The smallest absolute Gasteiger partial charge is 0.267 e. The van der Waals surface area contributed by atoms with Gasteiger partial charge in [-0.2, -0.15) is 8.42 Å². The number of aliphatic hydroxyl groups is 1. The average Bonchev–Trinajstić information content (AvgIpc) is 2.98. The molecular formula is C37H69NO5S. The van der Waals surface area contributed by atoms with Crippen LogP contribution < -0.4 is 5.32 Å². The third kappa shape index (κ3) is 32.0. The third-order valence-electron chi connectivity index (χ3n) is 8.04. The summed E-state index contributed by atoms with van der Waals surface area (Å²) >= 11 is 0. The first-order chi connectivity index (χ1) is 21.3. The second kappa shape index (κ2) is 31.5. The van der Waals surface area contributed by atoms with Crippen LogP contribution in [0.25, 0.3) is 0 Å². The largest absolute Gasteiger partial charge is 0.387 e. The Kier molecular flexibility index (Phi) is 30.5. The number of aliphatic hydroxyl groups excluding tert-OH is 1. The topological polar surface area (TPSA) is 104 Å². The molecule has 0 heterocycles. The summed E-state index contributed by atoms with van der Waals surface area (Å²) in [6, 6.07) is -1.07. The van der Waals surface area contributed by atoms with Crippen molar-refractivity contribution in [3.63, 3.8) is 0 Å². The van der Waals surface area contributed by atoms with E-state index in [1.54, 1.807) is 6.08 Å². The second-order valence-electron chi connectivity index (χ2n) is 12.5. The summed E-state index contributed by atoms with van der Waals surface area (Å²) in [4.78, 5) is 12.4. The summed E-state index contributed by atoms with van der Waals surface area (Å²) < 4.78 is 32.3. The van der Waals surface area contributed by atoms with Crippen LogP contribution in [0.5, 0.6) is 0 Å². The number of amides is 1. The minimum Gasteiger partial charge on any atom is -0.387 e. The fourth-order valence-corrected chi connectivity index (χ4v) is 6.02. The summed E-state index contributed by atoms with van der Waals surface area (Å²) in [6.45, 7) is 4.49. The number of hydrogen-bond donors (Lipinski definition) is 3. The Balaban J connectivity index is 4.07. The first kappa shape index (κ1) is 42.6. The predicted molar refractivity (Wildman–Crippen MR) is 189 cm³/mol. The Morgan fingerprint density at radius 3 is 1.43 bits per heavy atom. The number of rotatable bonds is 32. The summed E-state index contributed by atoms with van der Waals surface area (Å²) in [5.41, 5.74) is 0. The molecule has 6 nitrogen and oxygen atoms in total. The van der Waals surface area contributed by atoms with E-state index in [-0.39, 0.29) is 12.3 Å². The molecule has 0 aliphatic rings. The van der Waals surface area contributed by atoms with Gasteiger partial charge in [0.05, 0.1) is 17.9 Å². The number of allylic oxidation sites excluding steroid dienone is 5. The van der Waals surface area contributed by atoms with Gasteiger partial charge >= 0.3 is 0 Å². The summed E-state index contributed by atoms with van der Waals surface area (Å²) in [6.07, 6.45) is 39.8. The van der Waals surface area contributed by atoms with Gasteiger partial charge in [0.1, 0.15) is 0 Å². The molecular weight excluding hydrogens is 570 g/mol. The van der Waals surface area contributed by atoms with Gasteiger partial charge in [-0.1, -0.05) is 147 Å². The van der Waals surface area contributed by atoms with E-state index in [1.165, 1.54) is 102 Å². The molecule has 0 spiro atoms. The number of carbonyl (C=O) groups is 1. The zero-order chi connectivity index (χ0) is 32.6. The van der Waals surface area contributed by atoms with Crippen LogP contribution >= 0.6 is 0 Å². The van der Waals surface area contributed by atoms with Gasteiger partial charge in [0, 0.05) is 6.42 Å². The zero-order valence-corrected chi connectivity index (χ0v) is 29.3. The number of carbonyl (C=O) groups excluding carboxylic acids is 1. The van der Waals surface area contributed by atoms with Gasteiger partial charge in [0.25, 0.3) is 10.1 Å². The van der Waals surface area contributed by atoms with Gasteiger partial charge in [0.15, 0.2) is 0 Å². The molecule has 0 saturated carbocycles. The van der Waals surface area contributed by atoms with Crippen LogP contribution in [0, 0.1) is 0 Å². The lowest BCUT2D eigenvalue weighted by atomic mass is 10.1. The van der Waals surface area contributed by atoms with Crippen molar-refractivity contribution in [1.82, 2.24) is 5.32 Å². The second-order valence-corrected chi connectivity index (χ2v) is 14.0. The van der Waals surface area contributed by atoms with Gasteiger partial charge in [-0.25, -0.2) is 0 Å². The van der Waals surface area contributed by atoms with Crippen molar-refractivity contribution in [3.05, 3.63) is 36.5 Å². The molecule has 0 aromatic rings. The minimum absolute atomic E-state index is 0.278. The minimum atomic E-state index is -4.35. The zero-order valence-electron chi connectivity index (χ0n) is 28.5. The van der Waals surface area contributed by atoms with Crippen LogP contribution in [0.2, 0.25) is 0 Å². The molecule has 3 N–H and O–H groups in total. The van der Waals surface area contributed by atoms with Crippen LogP contribution in [0.3, 0.4) is 0 Å². The van der Waals surface area contributed by atoms with Crippen molar-refractivity contribution in [2.24, 2.45) is 0 Å². The highest BCUT2D eigenvalue weighted by Crippen LogP contribution is 2.12. The van der Waals surface area contributed by atoms with Crippen molar-refractivity contribution in [1.29, 1.82) is 0 Å². The maximum Gasteiger partial charge on any atom is 0.267 e. The molecule has 2 unspecified atom stereocenters. The van der Waals surface area contributed by atoms with Crippen LogP contribution in [-0.2, 0) is 14.9 Å². The highest BCUT2D eigenvalue weighted by atomic mass is 32.2.